The zero-order chi connectivity index (χ0) is 16.5. The third kappa shape index (κ3) is 6.85. The number of esters is 1. The summed E-state index contributed by atoms with van der Waals surface area (Å²) in [5.41, 5.74) is 0. The summed E-state index contributed by atoms with van der Waals surface area (Å²) in [6.45, 7) is 5.72. The van der Waals surface area contributed by atoms with Gasteiger partial charge in [-0.05, 0) is 37.1 Å². The normalized spacial score (nSPS) is 11.9. The summed E-state index contributed by atoms with van der Waals surface area (Å²) in [6, 6.07) is 7.45. The van der Waals surface area contributed by atoms with Crippen LogP contribution in [-0.4, -0.2) is 37.4 Å². The Morgan fingerprint density at radius 3 is 2.36 bits per heavy atom. The molecule has 0 unspecified atom stereocenters. The van der Waals surface area contributed by atoms with Gasteiger partial charge in [0.25, 0.3) is 5.91 Å². The maximum Gasteiger partial charge on any atom is 0.316 e. The molecular weight excluding hydrogens is 302 g/mol. The minimum atomic E-state index is -0.409. The summed E-state index contributed by atoms with van der Waals surface area (Å²) in [7, 11) is 1.60. The third-order valence-corrected chi connectivity index (χ3v) is 4.15. The van der Waals surface area contributed by atoms with Gasteiger partial charge in [0.2, 0.25) is 0 Å². The highest BCUT2D eigenvalue weighted by molar-refractivity contribution is 8.00. The van der Waals surface area contributed by atoms with Crippen molar-refractivity contribution < 1.29 is 19.1 Å². The second kappa shape index (κ2) is 9.35. The second-order valence-electron chi connectivity index (χ2n) is 5.23. The number of thioether (sulfide) groups is 1. The Morgan fingerprint density at radius 1 is 1.18 bits per heavy atom. The van der Waals surface area contributed by atoms with Crippen molar-refractivity contribution in [2.75, 3.05) is 19.5 Å². The molecule has 0 aromatic heterocycles. The van der Waals surface area contributed by atoms with E-state index >= 15 is 0 Å². The quantitative estimate of drug-likeness (QED) is 0.588. The fourth-order valence-corrected chi connectivity index (χ4v) is 2.16. The molecule has 0 aliphatic carbocycles. The molecule has 1 aromatic rings. The maximum absolute atomic E-state index is 11.6. The molecule has 1 aromatic carbocycles. The molecule has 0 aliphatic heterocycles. The van der Waals surface area contributed by atoms with Crippen LogP contribution in [-0.2, 0) is 14.3 Å². The number of rotatable bonds is 8. The fraction of sp³-hybridized carbons (Fsp3) is 0.500. The van der Waals surface area contributed by atoms with E-state index in [1.807, 2.05) is 45.0 Å². The van der Waals surface area contributed by atoms with Crippen LogP contribution in [0.3, 0.4) is 0 Å². The fourth-order valence-electron chi connectivity index (χ4n) is 1.46. The Morgan fingerprint density at radius 2 is 1.82 bits per heavy atom. The van der Waals surface area contributed by atoms with Crippen molar-refractivity contribution >= 4 is 23.6 Å². The van der Waals surface area contributed by atoms with Gasteiger partial charge in [0, 0.05) is 10.9 Å². The largest absolute Gasteiger partial charge is 0.497 e. The summed E-state index contributed by atoms with van der Waals surface area (Å²) in [5.74, 6) is 0.588. The van der Waals surface area contributed by atoms with E-state index in [-0.39, 0.29) is 24.3 Å². The minimum Gasteiger partial charge on any atom is -0.497 e. The van der Waals surface area contributed by atoms with Gasteiger partial charge in [0.05, 0.1) is 12.9 Å². The van der Waals surface area contributed by atoms with Gasteiger partial charge in [-0.1, -0.05) is 13.8 Å². The third-order valence-electron chi connectivity index (χ3n) is 3.17. The Kier molecular flexibility index (Phi) is 7.80. The minimum absolute atomic E-state index is 0.0554. The molecule has 0 fully saturated rings. The number of methoxy groups -OCH3 is 1. The van der Waals surface area contributed by atoms with Crippen LogP contribution in [0.5, 0.6) is 5.75 Å². The van der Waals surface area contributed by atoms with E-state index in [0.29, 0.717) is 5.92 Å². The zero-order valence-electron chi connectivity index (χ0n) is 13.4. The van der Waals surface area contributed by atoms with E-state index in [0.717, 1.165) is 10.6 Å². The number of hydrogen-bond donors (Lipinski definition) is 1. The average molecular weight is 325 g/mol. The van der Waals surface area contributed by atoms with E-state index < -0.39 is 5.97 Å². The highest BCUT2D eigenvalue weighted by Crippen LogP contribution is 2.21. The number of carbonyl (C=O) groups excluding carboxylic acids is 2. The van der Waals surface area contributed by atoms with Crippen molar-refractivity contribution in [1.29, 1.82) is 0 Å². The van der Waals surface area contributed by atoms with E-state index in [4.69, 9.17) is 9.47 Å². The first-order chi connectivity index (χ1) is 10.4. The van der Waals surface area contributed by atoms with Gasteiger partial charge in [-0.2, -0.15) is 0 Å². The Bertz CT molecular complexity index is 487. The second-order valence-corrected chi connectivity index (χ2v) is 6.27. The van der Waals surface area contributed by atoms with Gasteiger partial charge in [-0.15, -0.1) is 11.8 Å². The monoisotopic (exact) mass is 325 g/mol. The molecule has 1 atom stereocenters. The van der Waals surface area contributed by atoms with E-state index in [9.17, 15) is 9.59 Å². The van der Waals surface area contributed by atoms with Gasteiger partial charge in [0.15, 0.2) is 6.61 Å². The molecular formula is C16H23NO4S. The first kappa shape index (κ1) is 18.4. The van der Waals surface area contributed by atoms with Gasteiger partial charge in [-0.25, -0.2) is 0 Å². The van der Waals surface area contributed by atoms with Crippen LogP contribution in [0.25, 0.3) is 0 Å². The van der Waals surface area contributed by atoms with Crippen molar-refractivity contribution in [2.45, 2.75) is 31.7 Å². The van der Waals surface area contributed by atoms with Gasteiger partial charge >= 0.3 is 5.97 Å². The summed E-state index contributed by atoms with van der Waals surface area (Å²) in [5, 5.41) is 2.78. The average Bonchev–Trinajstić information content (AvgIpc) is 2.51. The van der Waals surface area contributed by atoms with Crippen molar-refractivity contribution in [3.63, 3.8) is 0 Å². The van der Waals surface area contributed by atoms with Crippen LogP contribution >= 0.6 is 11.8 Å². The van der Waals surface area contributed by atoms with Crippen LogP contribution in [0.15, 0.2) is 29.2 Å². The number of benzene rings is 1. The SMILES string of the molecule is COc1ccc(SCC(=O)OCC(=O)N[C@@H](C)C(C)C)cc1. The van der Waals surface area contributed by atoms with E-state index in [1.54, 1.807) is 7.11 Å². The highest BCUT2D eigenvalue weighted by atomic mass is 32.2. The molecule has 0 radical (unpaired) electrons. The lowest BCUT2D eigenvalue weighted by Crippen LogP contribution is -2.38. The summed E-state index contributed by atoms with van der Waals surface area (Å²) in [6.07, 6.45) is 0. The molecule has 122 valence electrons. The predicted molar refractivity (Wildman–Crippen MR) is 87.1 cm³/mol. The molecule has 1 rings (SSSR count). The number of ether oxygens (including phenoxy) is 2. The molecule has 22 heavy (non-hydrogen) atoms. The molecule has 6 heteroatoms. The molecule has 0 spiro atoms. The molecule has 0 heterocycles. The summed E-state index contributed by atoms with van der Waals surface area (Å²) < 4.78 is 10.0. The first-order valence-corrected chi connectivity index (χ1v) is 8.12. The Balaban J connectivity index is 2.26. The lowest BCUT2D eigenvalue weighted by atomic mass is 10.1. The van der Waals surface area contributed by atoms with Crippen molar-refractivity contribution in [1.82, 2.24) is 5.32 Å². The van der Waals surface area contributed by atoms with Crippen molar-refractivity contribution in [3.05, 3.63) is 24.3 Å². The van der Waals surface area contributed by atoms with Crippen molar-refractivity contribution in [3.8, 4) is 5.75 Å². The van der Waals surface area contributed by atoms with Crippen LogP contribution in [0, 0.1) is 5.92 Å². The lowest BCUT2D eigenvalue weighted by Gasteiger charge is -2.17. The number of nitrogens with one attached hydrogen (secondary N) is 1. The number of carbonyl (C=O) groups is 2. The lowest BCUT2D eigenvalue weighted by molar-refractivity contribution is -0.146. The van der Waals surface area contributed by atoms with Gasteiger partial charge in [-0.3, -0.25) is 9.59 Å². The molecule has 1 amide bonds. The summed E-state index contributed by atoms with van der Waals surface area (Å²) >= 11 is 1.36. The van der Waals surface area contributed by atoms with Crippen molar-refractivity contribution in [2.24, 2.45) is 5.92 Å². The first-order valence-electron chi connectivity index (χ1n) is 7.14. The molecule has 0 saturated heterocycles. The van der Waals surface area contributed by atoms with Crippen LogP contribution in [0.2, 0.25) is 0 Å². The van der Waals surface area contributed by atoms with Gasteiger partial charge < -0.3 is 14.8 Å². The highest BCUT2D eigenvalue weighted by Gasteiger charge is 2.13. The molecule has 0 bridgehead atoms. The molecule has 1 N–H and O–H groups in total. The Hall–Kier alpha value is -1.69. The molecule has 0 aliphatic rings. The van der Waals surface area contributed by atoms with Gasteiger partial charge in [0.1, 0.15) is 5.75 Å². The maximum atomic E-state index is 11.6. The predicted octanol–water partition coefficient (Wildman–Crippen LogP) is 2.49. The Labute approximate surface area is 135 Å². The van der Waals surface area contributed by atoms with Crippen LogP contribution in [0.1, 0.15) is 20.8 Å². The standard InChI is InChI=1S/C16H23NO4S/c1-11(2)12(3)17-15(18)9-21-16(19)10-22-14-7-5-13(20-4)6-8-14/h5-8,11-12H,9-10H2,1-4H3,(H,17,18)/t12-/m0/s1. The van der Waals surface area contributed by atoms with E-state index in [2.05, 4.69) is 5.32 Å². The van der Waals surface area contributed by atoms with E-state index in [1.165, 1.54) is 11.8 Å². The number of amides is 1. The number of hydrogen-bond acceptors (Lipinski definition) is 5. The van der Waals surface area contributed by atoms with Crippen LogP contribution < -0.4 is 10.1 Å². The topological polar surface area (TPSA) is 64.6 Å². The molecule has 5 nitrogen and oxygen atoms in total. The zero-order valence-corrected chi connectivity index (χ0v) is 14.2. The summed E-state index contributed by atoms with van der Waals surface area (Å²) in [4.78, 5) is 24.2. The molecule has 0 saturated carbocycles. The smallest absolute Gasteiger partial charge is 0.316 e. The van der Waals surface area contributed by atoms with Crippen LogP contribution in [0.4, 0.5) is 0 Å².